The molecular weight excluding hydrogens is 336 g/mol. The number of piperazine rings is 1. The van der Waals surface area contributed by atoms with Crippen molar-refractivity contribution in [1.82, 2.24) is 9.80 Å². The van der Waals surface area contributed by atoms with Crippen LogP contribution in [0.1, 0.15) is 6.92 Å². The van der Waals surface area contributed by atoms with Crippen molar-refractivity contribution in [3.05, 3.63) is 24.3 Å². The van der Waals surface area contributed by atoms with Gasteiger partial charge in [-0.15, -0.1) is 0 Å². The Bertz CT molecular complexity index is 680. The Kier molecular flexibility index (Phi) is 5.72. The number of benzene rings is 1. The normalized spacial score (nSPS) is 17.8. The molecule has 2 saturated heterocycles. The molecule has 3 amide bonds. The monoisotopic (exact) mass is 360 g/mol. The molecule has 0 aliphatic carbocycles. The van der Waals surface area contributed by atoms with Gasteiger partial charge in [0.2, 0.25) is 5.91 Å². The lowest BCUT2D eigenvalue weighted by Crippen LogP contribution is -2.52. The van der Waals surface area contributed by atoms with Crippen molar-refractivity contribution in [2.45, 2.75) is 6.92 Å². The van der Waals surface area contributed by atoms with Gasteiger partial charge in [-0.25, -0.2) is 0 Å². The highest BCUT2D eigenvalue weighted by Gasteiger charge is 2.27. The van der Waals surface area contributed by atoms with Gasteiger partial charge in [0.15, 0.2) is 0 Å². The summed E-state index contributed by atoms with van der Waals surface area (Å²) in [7, 11) is 0. The molecule has 1 N–H and O–H groups in total. The van der Waals surface area contributed by atoms with Crippen molar-refractivity contribution in [3.63, 3.8) is 0 Å². The molecule has 2 aliphatic heterocycles. The van der Waals surface area contributed by atoms with Gasteiger partial charge in [0.1, 0.15) is 0 Å². The summed E-state index contributed by atoms with van der Waals surface area (Å²) in [6, 6.07) is 7.46. The Morgan fingerprint density at radius 1 is 0.923 bits per heavy atom. The summed E-state index contributed by atoms with van der Waals surface area (Å²) in [6.07, 6.45) is 0. The molecule has 1 aromatic carbocycles. The number of carbonyl (C=O) groups excluding carboxylic acids is 3. The molecule has 0 atom stereocenters. The molecule has 0 spiro atoms. The van der Waals surface area contributed by atoms with Crippen LogP contribution in [0.25, 0.3) is 0 Å². The van der Waals surface area contributed by atoms with E-state index in [2.05, 4.69) is 10.2 Å². The third kappa shape index (κ3) is 4.13. The van der Waals surface area contributed by atoms with Gasteiger partial charge in [0.25, 0.3) is 0 Å². The molecule has 8 heteroatoms. The number of nitrogens with zero attached hydrogens (tertiary/aromatic N) is 3. The number of amides is 3. The zero-order chi connectivity index (χ0) is 18.5. The molecule has 0 bridgehead atoms. The SMILES string of the molecule is CC(=O)N1CCN(C(=O)C(=O)Nc2ccccc2N2CCOCC2)CC1. The Morgan fingerprint density at radius 3 is 2.19 bits per heavy atom. The van der Waals surface area contributed by atoms with Crippen molar-refractivity contribution in [2.24, 2.45) is 0 Å². The van der Waals surface area contributed by atoms with Crippen molar-refractivity contribution < 1.29 is 19.1 Å². The second-order valence-corrected chi connectivity index (χ2v) is 6.37. The third-order valence-corrected chi connectivity index (χ3v) is 4.71. The fourth-order valence-electron chi connectivity index (χ4n) is 3.20. The highest BCUT2D eigenvalue weighted by Crippen LogP contribution is 2.26. The fraction of sp³-hybridized carbons (Fsp3) is 0.500. The van der Waals surface area contributed by atoms with Gasteiger partial charge in [-0.2, -0.15) is 0 Å². The number of anilines is 2. The molecule has 26 heavy (non-hydrogen) atoms. The maximum atomic E-state index is 12.4. The minimum Gasteiger partial charge on any atom is -0.378 e. The molecule has 8 nitrogen and oxygen atoms in total. The minimum atomic E-state index is -0.651. The fourth-order valence-corrected chi connectivity index (χ4v) is 3.20. The summed E-state index contributed by atoms with van der Waals surface area (Å²) < 4.78 is 5.37. The van der Waals surface area contributed by atoms with Crippen LogP contribution in [0.5, 0.6) is 0 Å². The van der Waals surface area contributed by atoms with Crippen LogP contribution in [0.2, 0.25) is 0 Å². The molecule has 140 valence electrons. The molecule has 2 fully saturated rings. The molecule has 0 unspecified atom stereocenters. The summed E-state index contributed by atoms with van der Waals surface area (Å²) in [4.78, 5) is 41.5. The molecule has 3 rings (SSSR count). The van der Waals surface area contributed by atoms with Gasteiger partial charge in [-0.05, 0) is 12.1 Å². The number of nitrogens with one attached hydrogen (secondary N) is 1. The van der Waals surface area contributed by atoms with Crippen molar-refractivity contribution in [1.29, 1.82) is 0 Å². The first kappa shape index (κ1) is 18.2. The summed E-state index contributed by atoms with van der Waals surface area (Å²) in [5, 5.41) is 2.75. The number of para-hydroxylation sites is 2. The van der Waals surface area contributed by atoms with Gasteiger partial charge in [0.05, 0.1) is 24.6 Å². The van der Waals surface area contributed by atoms with Crippen LogP contribution in [0.15, 0.2) is 24.3 Å². The maximum Gasteiger partial charge on any atom is 0.313 e. The Morgan fingerprint density at radius 2 is 1.54 bits per heavy atom. The number of rotatable bonds is 2. The summed E-state index contributed by atoms with van der Waals surface area (Å²) in [5.74, 6) is -1.23. The number of hydrogen-bond acceptors (Lipinski definition) is 5. The van der Waals surface area contributed by atoms with E-state index in [0.29, 0.717) is 45.1 Å². The average molecular weight is 360 g/mol. The van der Waals surface area contributed by atoms with Gasteiger partial charge in [0, 0.05) is 46.2 Å². The van der Waals surface area contributed by atoms with Crippen LogP contribution in [0.4, 0.5) is 11.4 Å². The topological polar surface area (TPSA) is 82.2 Å². The predicted molar refractivity (Wildman–Crippen MR) is 96.9 cm³/mol. The van der Waals surface area contributed by atoms with E-state index in [-0.39, 0.29) is 5.91 Å². The number of carbonyl (C=O) groups is 3. The van der Waals surface area contributed by atoms with E-state index in [1.807, 2.05) is 18.2 Å². The molecule has 0 saturated carbocycles. The van der Waals surface area contributed by atoms with E-state index < -0.39 is 11.8 Å². The minimum absolute atomic E-state index is 0.0130. The van der Waals surface area contributed by atoms with Gasteiger partial charge in [-0.3, -0.25) is 14.4 Å². The lowest BCUT2D eigenvalue weighted by atomic mass is 10.2. The summed E-state index contributed by atoms with van der Waals surface area (Å²) in [6.45, 7) is 5.93. The van der Waals surface area contributed by atoms with Gasteiger partial charge >= 0.3 is 11.8 Å². The summed E-state index contributed by atoms with van der Waals surface area (Å²) in [5.41, 5.74) is 1.51. The van der Waals surface area contributed by atoms with Crippen LogP contribution in [0.3, 0.4) is 0 Å². The van der Waals surface area contributed by atoms with Crippen molar-refractivity contribution in [3.8, 4) is 0 Å². The Balaban J connectivity index is 1.63. The van der Waals surface area contributed by atoms with Crippen molar-refractivity contribution in [2.75, 3.05) is 62.7 Å². The molecule has 2 heterocycles. The first-order valence-electron chi connectivity index (χ1n) is 8.84. The van der Waals surface area contributed by atoms with Crippen LogP contribution in [-0.2, 0) is 19.1 Å². The third-order valence-electron chi connectivity index (χ3n) is 4.71. The zero-order valence-electron chi connectivity index (χ0n) is 14.9. The van der Waals surface area contributed by atoms with Crippen LogP contribution in [-0.4, -0.2) is 80.0 Å². The van der Waals surface area contributed by atoms with E-state index in [9.17, 15) is 14.4 Å². The molecule has 1 aromatic rings. The smallest absolute Gasteiger partial charge is 0.313 e. The van der Waals surface area contributed by atoms with E-state index in [0.717, 1.165) is 18.8 Å². The van der Waals surface area contributed by atoms with E-state index in [4.69, 9.17) is 4.74 Å². The second-order valence-electron chi connectivity index (χ2n) is 6.37. The standard InChI is InChI=1S/C18H24N4O4/c1-14(23)20-6-8-22(9-7-20)18(25)17(24)19-15-4-2-3-5-16(15)21-10-12-26-13-11-21/h2-5H,6-13H2,1H3,(H,19,24). The quantitative estimate of drug-likeness (QED) is 0.760. The van der Waals surface area contributed by atoms with Crippen LogP contribution < -0.4 is 10.2 Å². The zero-order valence-corrected chi connectivity index (χ0v) is 14.9. The van der Waals surface area contributed by atoms with Gasteiger partial charge in [-0.1, -0.05) is 12.1 Å². The van der Waals surface area contributed by atoms with Crippen LogP contribution >= 0.6 is 0 Å². The van der Waals surface area contributed by atoms with E-state index >= 15 is 0 Å². The molecule has 0 radical (unpaired) electrons. The second kappa shape index (κ2) is 8.18. The van der Waals surface area contributed by atoms with E-state index in [1.165, 1.54) is 11.8 Å². The first-order valence-corrected chi connectivity index (χ1v) is 8.84. The molecule has 0 aromatic heterocycles. The maximum absolute atomic E-state index is 12.4. The molecular formula is C18H24N4O4. The predicted octanol–water partition coefficient (Wildman–Crippen LogP) is 0.152. The highest BCUT2D eigenvalue weighted by molar-refractivity contribution is 6.39. The van der Waals surface area contributed by atoms with Crippen LogP contribution in [0, 0.1) is 0 Å². The van der Waals surface area contributed by atoms with E-state index in [1.54, 1.807) is 11.0 Å². The van der Waals surface area contributed by atoms with Crippen molar-refractivity contribution >= 4 is 29.1 Å². The lowest BCUT2D eigenvalue weighted by molar-refractivity contribution is -0.145. The lowest BCUT2D eigenvalue weighted by Gasteiger charge is -2.34. The largest absolute Gasteiger partial charge is 0.378 e. The number of morpholine rings is 1. The summed E-state index contributed by atoms with van der Waals surface area (Å²) >= 11 is 0. The molecule has 2 aliphatic rings. The Labute approximate surface area is 152 Å². The number of hydrogen-bond donors (Lipinski definition) is 1. The first-order chi connectivity index (χ1) is 12.6. The Hall–Kier alpha value is -2.61. The van der Waals surface area contributed by atoms with Gasteiger partial charge < -0.3 is 24.8 Å². The highest BCUT2D eigenvalue weighted by atomic mass is 16.5. The number of ether oxygens (including phenoxy) is 1. The average Bonchev–Trinajstić information content (AvgIpc) is 2.68.